The first-order valence-corrected chi connectivity index (χ1v) is 8.61. The molecule has 4 nitrogen and oxygen atoms in total. The average molecular weight is 425 g/mol. The van der Waals surface area contributed by atoms with Crippen molar-refractivity contribution in [1.82, 2.24) is 9.97 Å². The summed E-state index contributed by atoms with van der Waals surface area (Å²) < 4.78 is 0.945. The summed E-state index contributed by atoms with van der Waals surface area (Å²) >= 11 is 15.7. The first kappa shape index (κ1) is 17.0. The van der Waals surface area contributed by atoms with E-state index in [9.17, 15) is 4.79 Å². The quantitative estimate of drug-likeness (QED) is 0.595. The molecule has 0 radical (unpaired) electrons. The van der Waals surface area contributed by atoms with Gasteiger partial charge in [-0.05, 0) is 42.0 Å². The Kier molecular flexibility index (Phi) is 5.23. The number of H-pyrrole nitrogens is 1. The van der Waals surface area contributed by atoms with E-state index in [1.54, 1.807) is 18.2 Å². The lowest BCUT2D eigenvalue weighted by atomic mass is 10.1. The van der Waals surface area contributed by atoms with E-state index < -0.39 is 0 Å². The van der Waals surface area contributed by atoms with Gasteiger partial charge in [-0.25, -0.2) is 4.98 Å². The predicted octanol–water partition coefficient (Wildman–Crippen LogP) is 5.32. The van der Waals surface area contributed by atoms with E-state index in [2.05, 4.69) is 31.2 Å². The molecule has 1 heterocycles. The third kappa shape index (κ3) is 3.98. The predicted molar refractivity (Wildman–Crippen MR) is 100.0 cm³/mol. The van der Waals surface area contributed by atoms with Crippen molar-refractivity contribution in [2.75, 3.05) is 5.32 Å². The molecule has 0 atom stereocenters. The van der Waals surface area contributed by atoms with Crippen molar-refractivity contribution in [3.63, 3.8) is 0 Å². The van der Waals surface area contributed by atoms with Gasteiger partial charge in [-0.1, -0.05) is 45.2 Å². The first-order chi connectivity index (χ1) is 11.5. The molecule has 1 aromatic heterocycles. The van der Waals surface area contributed by atoms with Gasteiger partial charge in [0.15, 0.2) is 0 Å². The highest BCUT2D eigenvalue weighted by molar-refractivity contribution is 9.10. The lowest BCUT2D eigenvalue weighted by molar-refractivity contribution is 0.102. The van der Waals surface area contributed by atoms with E-state index in [0.29, 0.717) is 33.7 Å². The second-order valence-electron chi connectivity index (χ2n) is 5.08. The van der Waals surface area contributed by atoms with Crippen LogP contribution in [0.1, 0.15) is 21.9 Å². The molecule has 0 aliphatic carbocycles. The molecule has 0 unspecified atom stereocenters. The monoisotopic (exact) mass is 423 g/mol. The number of hydrogen-bond donors (Lipinski definition) is 2. The molecule has 2 aromatic carbocycles. The second kappa shape index (κ2) is 7.38. The van der Waals surface area contributed by atoms with Crippen LogP contribution in [0.5, 0.6) is 0 Å². The number of carbonyl (C=O) groups excluding carboxylic acids is 1. The minimum absolute atomic E-state index is 0.263. The van der Waals surface area contributed by atoms with Crippen LogP contribution >= 0.6 is 39.1 Å². The van der Waals surface area contributed by atoms with Crippen molar-refractivity contribution in [3.05, 3.63) is 80.3 Å². The zero-order valence-electron chi connectivity index (χ0n) is 12.3. The third-order valence-corrected chi connectivity index (χ3v) is 4.62. The number of aromatic nitrogens is 2. The minimum atomic E-state index is -0.263. The minimum Gasteiger partial charge on any atom is -0.338 e. The Balaban J connectivity index is 1.73. The smallest absolute Gasteiger partial charge is 0.273 e. The maximum absolute atomic E-state index is 12.3. The molecule has 0 fully saturated rings. The molecule has 0 bridgehead atoms. The fourth-order valence-electron chi connectivity index (χ4n) is 2.17. The molecule has 24 heavy (non-hydrogen) atoms. The first-order valence-electron chi connectivity index (χ1n) is 7.06. The van der Waals surface area contributed by atoms with E-state index in [4.69, 9.17) is 23.2 Å². The number of rotatable bonds is 4. The van der Waals surface area contributed by atoms with Crippen LogP contribution in [-0.4, -0.2) is 15.9 Å². The van der Waals surface area contributed by atoms with E-state index in [0.717, 1.165) is 10.0 Å². The van der Waals surface area contributed by atoms with Gasteiger partial charge in [0.2, 0.25) is 0 Å². The molecule has 122 valence electrons. The topological polar surface area (TPSA) is 57.8 Å². The highest BCUT2D eigenvalue weighted by Crippen LogP contribution is 2.26. The van der Waals surface area contributed by atoms with Crippen LogP contribution in [0, 0.1) is 0 Å². The summed E-state index contributed by atoms with van der Waals surface area (Å²) in [6.45, 7) is 0. The SMILES string of the molecule is O=C(Nc1ccc(Br)cc1)c1cnc(Cc2c(Cl)cccc2Cl)[nH]1. The lowest BCUT2D eigenvalue weighted by Crippen LogP contribution is -2.12. The van der Waals surface area contributed by atoms with Gasteiger partial charge in [-0.3, -0.25) is 4.79 Å². The van der Waals surface area contributed by atoms with Crippen LogP contribution in [0.25, 0.3) is 0 Å². The van der Waals surface area contributed by atoms with Crippen LogP contribution in [0.4, 0.5) is 5.69 Å². The summed E-state index contributed by atoms with van der Waals surface area (Å²) in [7, 11) is 0. The number of nitrogens with zero attached hydrogens (tertiary/aromatic N) is 1. The Morgan fingerprint density at radius 1 is 1.12 bits per heavy atom. The van der Waals surface area contributed by atoms with Crippen LogP contribution in [0.3, 0.4) is 0 Å². The molecule has 1 amide bonds. The molecule has 7 heteroatoms. The largest absolute Gasteiger partial charge is 0.338 e. The highest BCUT2D eigenvalue weighted by atomic mass is 79.9. The number of halogens is 3. The number of aromatic amines is 1. The molecule has 0 saturated carbocycles. The molecule has 2 N–H and O–H groups in total. The zero-order chi connectivity index (χ0) is 17.1. The van der Waals surface area contributed by atoms with Crippen molar-refractivity contribution in [2.45, 2.75) is 6.42 Å². The fourth-order valence-corrected chi connectivity index (χ4v) is 2.96. The van der Waals surface area contributed by atoms with Crippen molar-refractivity contribution in [3.8, 4) is 0 Å². The number of amides is 1. The molecule has 3 aromatic rings. The maximum Gasteiger partial charge on any atom is 0.273 e. The normalized spacial score (nSPS) is 10.6. The van der Waals surface area contributed by atoms with Gasteiger partial charge in [-0.2, -0.15) is 0 Å². The van der Waals surface area contributed by atoms with Crippen LogP contribution in [0.15, 0.2) is 53.1 Å². The Bertz CT molecular complexity index is 858. The molecular weight excluding hydrogens is 413 g/mol. The Morgan fingerprint density at radius 2 is 1.79 bits per heavy atom. The number of imidazole rings is 1. The average Bonchev–Trinajstić information content (AvgIpc) is 3.02. The van der Waals surface area contributed by atoms with Crippen molar-refractivity contribution >= 4 is 50.7 Å². The van der Waals surface area contributed by atoms with Gasteiger partial charge in [0.1, 0.15) is 11.5 Å². The molecule has 0 aliphatic heterocycles. The van der Waals surface area contributed by atoms with Crippen LogP contribution in [0.2, 0.25) is 10.0 Å². The van der Waals surface area contributed by atoms with E-state index in [1.165, 1.54) is 6.20 Å². The van der Waals surface area contributed by atoms with Gasteiger partial charge in [0.25, 0.3) is 5.91 Å². The van der Waals surface area contributed by atoms with Crippen molar-refractivity contribution in [2.24, 2.45) is 0 Å². The molecule has 0 aliphatic rings. The van der Waals surface area contributed by atoms with Crippen LogP contribution in [-0.2, 0) is 6.42 Å². The molecule has 0 spiro atoms. The summed E-state index contributed by atoms with van der Waals surface area (Å²) in [5.74, 6) is 0.354. The van der Waals surface area contributed by atoms with E-state index in [1.807, 2.05) is 24.3 Å². The lowest BCUT2D eigenvalue weighted by Gasteiger charge is -2.05. The standard InChI is InChI=1S/C17H12BrCl2N3O/c18-10-4-6-11(7-5-10)22-17(24)15-9-21-16(23-15)8-12-13(19)2-1-3-14(12)20/h1-7,9H,8H2,(H,21,23)(H,22,24). The Morgan fingerprint density at radius 3 is 2.46 bits per heavy atom. The third-order valence-electron chi connectivity index (χ3n) is 3.38. The molecular formula is C17H12BrCl2N3O. The Hall–Kier alpha value is -1.82. The molecule has 3 rings (SSSR count). The van der Waals surface area contributed by atoms with E-state index in [-0.39, 0.29) is 5.91 Å². The van der Waals surface area contributed by atoms with Crippen LogP contribution < -0.4 is 5.32 Å². The summed E-state index contributed by atoms with van der Waals surface area (Å²) in [6.07, 6.45) is 1.92. The summed E-state index contributed by atoms with van der Waals surface area (Å²) in [4.78, 5) is 19.5. The number of nitrogens with one attached hydrogen (secondary N) is 2. The highest BCUT2D eigenvalue weighted by Gasteiger charge is 2.13. The number of carbonyl (C=O) groups is 1. The second-order valence-corrected chi connectivity index (χ2v) is 6.81. The summed E-state index contributed by atoms with van der Waals surface area (Å²) in [6, 6.07) is 12.7. The van der Waals surface area contributed by atoms with Gasteiger partial charge in [-0.15, -0.1) is 0 Å². The number of anilines is 1. The molecule has 0 saturated heterocycles. The van der Waals surface area contributed by atoms with Gasteiger partial charge >= 0.3 is 0 Å². The Labute approximate surface area is 157 Å². The van der Waals surface area contributed by atoms with E-state index >= 15 is 0 Å². The van der Waals surface area contributed by atoms with Gasteiger partial charge in [0.05, 0.1) is 6.20 Å². The van der Waals surface area contributed by atoms with Gasteiger partial charge < -0.3 is 10.3 Å². The van der Waals surface area contributed by atoms with Gasteiger partial charge in [0, 0.05) is 26.6 Å². The number of benzene rings is 2. The fraction of sp³-hybridized carbons (Fsp3) is 0.0588. The maximum atomic E-state index is 12.3. The number of hydrogen-bond acceptors (Lipinski definition) is 2. The van der Waals surface area contributed by atoms with Crippen molar-refractivity contribution < 1.29 is 4.79 Å². The summed E-state index contributed by atoms with van der Waals surface area (Å²) in [5.41, 5.74) is 1.85. The zero-order valence-corrected chi connectivity index (χ0v) is 15.4. The summed E-state index contributed by atoms with van der Waals surface area (Å²) in [5, 5.41) is 3.94. The van der Waals surface area contributed by atoms with Crippen molar-refractivity contribution in [1.29, 1.82) is 0 Å².